The lowest BCUT2D eigenvalue weighted by molar-refractivity contribution is -0.0909. The number of hydrogen-bond acceptors (Lipinski definition) is 7. The molecule has 0 aliphatic carbocycles. The molecule has 3 rings (SSSR count). The summed E-state index contributed by atoms with van der Waals surface area (Å²) >= 11 is 3.46. The van der Waals surface area contributed by atoms with Gasteiger partial charge in [-0.2, -0.15) is 23.4 Å². The van der Waals surface area contributed by atoms with Crippen molar-refractivity contribution in [3.05, 3.63) is 64.0 Å². The number of anilines is 1. The number of nitrogens with one attached hydrogen (secondary N) is 1. The van der Waals surface area contributed by atoms with Crippen LogP contribution in [0.25, 0.3) is 0 Å². The third-order valence-corrected chi connectivity index (χ3v) is 6.59. The first-order valence-corrected chi connectivity index (χ1v) is 14.2. The van der Waals surface area contributed by atoms with Crippen LogP contribution in [-0.4, -0.2) is 71.1 Å². The molecule has 0 atom stereocenters. The highest BCUT2D eigenvalue weighted by Crippen LogP contribution is 2.26. The maximum Gasteiger partial charge on any atom is 0.411 e. The van der Waals surface area contributed by atoms with Crippen LogP contribution in [0.5, 0.6) is 0 Å². The Morgan fingerprint density at radius 2 is 1.80 bits per heavy atom. The van der Waals surface area contributed by atoms with Crippen LogP contribution in [0.2, 0.25) is 0 Å². The van der Waals surface area contributed by atoms with E-state index >= 15 is 0 Å². The first-order valence-electron chi connectivity index (χ1n) is 13.4. The van der Waals surface area contributed by atoms with E-state index in [9.17, 15) is 23.2 Å². The minimum absolute atomic E-state index is 0.0485. The van der Waals surface area contributed by atoms with Crippen LogP contribution in [0, 0.1) is 16.7 Å². The Balaban J connectivity index is 0.000000745. The molecule has 1 aromatic heterocycles. The molecule has 1 aliphatic heterocycles. The SMILES string of the molecule is C=C(C)C(F)(F)F.CCCN1CCN(Cc2cccc(C(=O)NN(CC(C)(C)C)c3nc(C#N)ncc3Br)c2)CC1. The number of nitrogens with zero attached hydrogens (tertiary/aromatic N) is 6. The molecular formula is C29H39BrF3N7O. The normalized spacial score (nSPS) is 14.4. The zero-order valence-electron chi connectivity index (χ0n) is 24.4. The van der Waals surface area contributed by atoms with Crippen molar-refractivity contribution < 1.29 is 18.0 Å². The number of hydrogen-bond donors (Lipinski definition) is 1. The molecule has 0 bridgehead atoms. The number of rotatable bonds is 8. The van der Waals surface area contributed by atoms with E-state index in [1.165, 1.54) is 12.6 Å². The summed E-state index contributed by atoms with van der Waals surface area (Å²) in [6.07, 6.45) is -1.48. The smallest absolute Gasteiger partial charge is 0.301 e. The Labute approximate surface area is 249 Å². The standard InChI is InChI=1S/C25H34BrN7O.C4H5F3/c1-5-9-31-10-12-32(13-11-31)17-19-7-6-8-20(14-19)24(34)30-33(18-25(2,3)4)23-21(26)16-28-22(15-27)29-23;1-3(2)4(5,6)7/h6-8,14,16H,5,9-13,17-18H2,1-4H3,(H,30,34);1H2,2H3. The molecular weight excluding hydrogens is 599 g/mol. The number of piperazine rings is 1. The highest BCUT2D eigenvalue weighted by Gasteiger charge is 2.27. The predicted molar refractivity (Wildman–Crippen MR) is 158 cm³/mol. The number of carbonyl (C=O) groups is 1. The summed E-state index contributed by atoms with van der Waals surface area (Å²) in [5.41, 5.74) is 3.81. The van der Waals surface area contributed by atoms with Crippen molar-refractivity contribution in [2.24, 2.45) is 5.41 Å². The molecule has 41 heavy (non-hydrogen) atoms. The number of benzene rings is 1. The molecule has 2 aromatic rings. The third-order valence-electron chi connectivity index (χ3n) is 6.03. The Hall–Kier alpha value is -3.01. The average Bonchev–Trinajstić information content (AvgIpc) is 2.89. The van der Waals surface area contributed by atoms with E-state index in [0.29, 0.717) is 22.4 Å². The van der Waals surface area contributed by atoms with Crippen molar-refractivity contribution >= 4 is 27.7 Å². The van der Waals surface area contributed by atoms with Gasteiger partial charge in [0.25, 0.3) is 5.91 Å². The largest absolute Gasteiger partial charge is 0.411 e. The number of alkyl halides is 3. The molecule has 0 radical (unpaired) electrons. The van der Waals surface area contributed by atoms with E-state index in [4.69, 9.17) is 0 Å². The lowest BCUT2D eigenvalue weighted by atomic mass is 9.97. The molecule has 1 fully saturated rings. The van der Waals surface area contributed by atoms with Crippen LogP contribution in [-0.2, 0) is 6.54 Å². The van der Waals surface area contributed by atoms with Crippen LogP contribution >= 0.6 is 15.9 Å². The number of amides is 1. The van der Waals surface area contributed by atoms with Crippen molar-refractivity contribution in [3.63, 3.8) is 0 Å². The number of nitriles is 1. The van der Waals surface area contributed by atoms with Gasteiger partial charge in [-0.1, -0.05) is 46.4 Å². The summed E-state index contributed by atoms with van der Waals surface area (Å²) in [6, 6.07) is 9.75. The van der Waals surface area contributed by atoms with Crippen molar-refractivity contribution in [1.29, 1.82) is 5.26 Å². The van der Waals surface area contributed by atoms with Gasteiger partial charge in [-0.3, -0.25) is 20.1 Å². The second kappa shape index (κ2) is 15.3. The van der Waals surface area contributed by atoms with Crippen molar-refractivity contribution in [1.82, 2.24) is 25.2 Å². The van der Waals surface area contributed by atoms with Crippen LogP contribution < -0.4 is 10.4 Å². The highest BCUT2D eigenvalue weighted by atomic mass is 79.9. The molecule has 0 spiro atoms. The van der Waals surface area contributed by atoms with Gasteiger partial charge in [0.05, 0.1) is 4.47 Å². The fourth-order valence-electron chi connectivity index (χ4n) is 3.99. The van der Waals surface area contributed by atoms with Crippen molar-refractivity contribution in [3.8, 4) is 6.07 Å². The molecule has 1 N–H and O–H groups in total. The lowest BCUT2D eigenvalue weighted by Crippen LogP contribution is -2.47. The van der Waals surface area contributed by atoms with Gasteiger partial charge in [0.2, 0.25) is 5.82 Å². The minimum Gasteiger partial charge on any atom is -0.301 e. The van der Waals surface area contributed by atoms with Crippen LogP contribution in [0.3, 0.4) is 0 Å². The second-order valence-electron chi connectivity index (χ2n) is 11.2. The molecule has 0 saturated carbocycles. The topological polar surface area (TPSA) is 88.4 Å². The molecule has 1 aromatic carbocycles. The number of hydrazine groups is 1. The third kappa shape index (κ3) is 11.8. The van der Waals surface area contributed by atoms with Gasteiger partial charge in [-0.25, -0.2) is 4.98 Å². The minimum atomic E-state index is -4.19. The Bertz CT molecular complexity index is 1220. The van der Waals surface area contributed by atoms with Crippen LogP contribution in [0.4, 0.5) is 19.0 Å². The number of aromatic nitrogens is 2. The van der Waals surface area contributed by atoms with Crippen LogP contribution in [0.15, 0.2) is 47.1 Å². The average molecular weight is 639 g/mol. The molecule has 1 aliphatic rings. The summed E-state index contributed by atoms with van der Waals surface area (Å²) in [6.45, 7) is 18.8. The quantitative estimate of drug-likeness (QED) is 0.282. The number of carbonyl (C=O) groups excluding carboxylic acids is 1. The van der Waals surface area contributed by atoms with Gasteiger partial charge in [-0.05, 0) is 58.9 Å². The van der Waals surface area contributed by atoms with Crippen LogP contribution in [0.1, 0.15) is 62.8 Å². The zero-order chi connectivity index (χ0) is 30.8. The van der Waals surface area contributed by atoms with E-state index in [-0.39, 0.29) is 17.1 Å². The lowest BCUT2D eigenvalue weighted by Gasteiger charge is -2.34. The molecule has 12 heteroatoms. The number of allylic oxidation sites excluding steroid dienone is 1. The van der Waals surface area contributed by atoms with Gasteiger partial charge >= 0.3 is 6.18 Å². The maximum atomic E-state index is 13.2. The Morgan fingerprint density at radius 1 is 1.20 bits per heavy atom. The molecule has 0 unspecified atom stereocenters. The van der Waals surface area contributed by atoms with E-state index in [2.05, 4.69) is 81.5 Å². The molecule has 224 valence electrons. The first kappa shape index (κ1) is 34.2. The van der Waals surface area contributed by atoms with Gasteiger partial charge in [0.15, 0.2) is 5.82 Å². The summed E-state index contributed by atoms with van der Waals surface area (Å²) in [4.78, 5) is 26.5. The van der Waals surface area contributed by atoms with Crippen molar-refractivity contribution in [2.45, 2.75) is 53.8 Å². The number of halogens is 4. The molecule has 8 nitrogen and oxygen atoms in total. The summed E-state index contributed by atoms with van der Waals surface area (Å²) in [5.74, 6) is 0.284. The summed E-state index contributed by atoms with van der Waals surface area (Å²) in [5, 5.41) is 10.9. The van der Waals surface area contributed by atoms with Gasteiger partial charge in [-0.15, -0.1) is 0 Å². The zero-order valence-corrected chi connectivity index (χ0v) is 25.9. The molecule has 2 heterocycles. The molecule has 1 amide bonds. The highest BCUT2D eigenvalue weighted by molar-refractivity contribution is 9.10. The predicted octanol–water partition coefficient (Wildman–Crippen LogP) is 5.96. The fraction of sp³-hybridized carbons (Fsp3) is 0.517. The van der Waals surface area contributed by atoms with E-state index in [1.54, 1.807) is 5.01 Å². The van der Waals surface area contributed by atoms with E-state index in [1.807, 2.05) is 24.3 Å². The van der Waals surface area contributed by atoms with E-state index in [0.717, 1.165) is 51.8 Å². The summed E-state index contributed by atoms with van der Waals surface area (Å²) < 4.78 is 33.8. The van der Waals surface area contributed by atoms with E-state index < -0.39 is 11.7 Å². The van der Waals surface area contributed by atoms with Gasteiger partial charge in [0, 0.05) is 56.6 Å². The Morgan fingerprint density at radius 3 is 2.34 bits per heavy atom. The van der Waals surface area contributed by atoms with Gasteiger partial charge < -0.3 is 4.90 Å². The fourth-order valence-corrected chi connectivity index (χ4v) is 4.39. The molecule has 1 saturated heterocycles. The van der Waals surface area contributed by atoms with Crippen molar-refractivity contribution in [2.75, 3.05) is 44.3 Å². The monoisotopic (exact) mass is 637 g/mol. The second-order valence-corrected chi connectivity index (χ2v) is 12.0. The first-order chi connectivity index (χ1) is 19.1. The summed E-state index contributed by atoms with van der Waals surface area (Å²) in [7, 11) is 0. The Kier molecular flexibility index (Phi) is 12.7. The maximum absolute atomic E-state index is 13.2. The van der Waals surface area contributed by atoms with Gasteiger partial charge in [0.1, 0.15) is 6.07 Å².